The van der Waals surface area contributed by atoms with E-state index in [-0.39, 0.29) is 35.1 Å². The molecule has 182 valence electrons. The lowest BCUT2D eigenvalue weighted by atomic mass is 10.1. The Kier molecular flexibility index (Phi) is 7.38. The second kappa shape index (κ2) is 10.6. The van der Waals surface area contributed by atoms with Crippen LogP contribution in [-0.4, -0.2) is 28.6 Å². The number of carbonyl (C=O) groups excluding carboxylic acids is 4. The molecule has 0 saturated carbocycles. The molecule has 0 spiro atoms. The second-order valence-corrected chi connectivity index (χ2v) is 8.66. The first-order valence-electron chi connectivity index (χ1n) is 10.7. The Balaban J connectivity index is 1.38. The van der Waals surface area contributed by atoms with Crippen molar-refractivity contribution in [2.75, 3.05) is 5.32 Å². The molecule has 8 nitrogen and oxygen atoms in total. The fourth-order valence-corrected chi connectivity index (χ4v) is 3.92. The number of carboxylic acids is 1. The molecule has 0 saturated heterocycles. The van der Waals surface area contributed by atoms with Gasteiger partial charge in [-0.2, -0.15) is 0 Å². The van der Waals surface area contributed by atoms with Gasteiger partial charge in [0, 0.05) is 22.7 Å². The Labute approximate surface area is 216 Å². The number of rotatable bonds is 8. The van der Waals surface area contributed by atoms with Crippen LogP contribution >= 0.6 is 23.2 Å². The number of halogens is 2. The second-order valence-electron chi connectivity index (χ2n) is 7.85. The summed E-state index contributed by atoms with van der Waals surface area (Å²) in [5.41, 5.74) is 1.74. The van der Waals surface area contributed by atoms with Gasteiger partial charge in [-0.1, -0.05) is 65.7 Å². The summed E-state index contributed by atoms with van der Waals surface area (Å²) in [5.74, 6) is -3.03. The summed E-state index contributed by atoms with van der Waals surface area (Å²) < 4.78 is 0. The molecular formula is C26H18Cl2N3O5-. The molecule has 4 rings (SSSR count). The van der Waals surface area contributed by atoms with Gasteiger partial charge in [-0.25, -0.2) is 0 Å². The number of hydrogen-bond acceptors (Lipinski definition) is 6. The smallest absolute Gasteiger partial charge is 0.278 e. The number of hydrogen-bond donors (Lipinski definition) is 2. The van der Waals surface area contributed by atoms with Crippen molar-refractivity contribution in [1.29, 1.82) is 0 Å². The van der Waals surface area contributed by atoms with E-state index in [0.717, 1.165) is 16.0 Å². The largest absolute Gasteiger partial charge is 0.545 e. The summed E-state index contributed by atoms with van der Waals surface area (Å²) >= 11 is 12.0. The summed E-state index contributed by atoms with van der Waals surface area (Å²) in [6.07, 6.45) is 0. The zero-order valence-electron chi connectivity index (χ0n) is 18.6. The van der Waals surface area contributed by atoms with E-state index in [2.05, 4.69) is 10.6 Å². The van der Waals surface area contributed by atoms with E-state index in [1.165, 1.54) is 18.2 Å². The maximum Gasteiger partial charge on any atom is 0.278 e. The monoisotopic (exact) mass is 522 g/mol. The first kappa shape index (κ1) is 25.0. The van der Waals surface area contributed by atoms with Crippen molar-refractivity contribution in [1.82, 2.24) is 10.2 Å². The Bertz CT molecular complexity index is 1390. The summed E-state index contributed by atoms with van der Waals surface area (Å²) in [6.45, 7) is 0.232. The minimum atomic E-state index is -1.40. The van der Waals surface area contributed by atoms with Gasteiger partial charge in [0.15, 0.2) is 0 Å². The first-order chi connectivity index (χ1) is 17.2. The topological polar surface area (TPSA) is 119 Å². The zero-order valence-corrected chi connectivity index (χ0v) is 20.1. The highest BCUT2D eigenvalue weighted by atomic mass is 35.5. The zero-order chi connectivity index (χ0) is 25.8. The van der Waals surface area contributed by atoms with Gasteiger partial charge in [-0.3, -0.25) is 19.3 Å². The number of benzene rings is 3. The predicted octanol–water partition coefficient (Wildman–Crippen LogP) is 3.06. The fourth-order valence-electron chi connectivity index (χ4n) is 3.54. The number of carboxylic acid groups (broad SMARTS) is 1. The fraction of sp³-hybridized carbons (Fsp3) is 0.0769. The highest BCUT2D eigenvalue weighted by molar-refractivity contribution is 6.47. The molecule has 1 heterocycles. The molecule has 0 aromatic heterocycles. The van der Waals surface area contributed by atoms with Crippen LogP contribution in [0.25, 0.3) is 0 Å². The van der Waals surface area contributed by atoms with E-state index >= 15 is 0 Å². The number of amides is 3. The van der Waals surface area contributed by atoms with Crippen LogP contribution in [0.5, 0.6) is 0 Å². The van der Waals surface area contributed by atoms with E-state index in [9.17, 15) is 24.3 Å². The molecule has 1 aliphatic rings. The van der Waals surface area contributed by atoms with E-state index in [0.29, 0.717) is 10.6 Å². The Morgan fingerprint density at radius 3 is 2.14 bits per heavy atom. The predicted molar refractivity (Wildman–Crippen MR) is 132 cm³/mol. The van der Waals surface area contributed by atoms with Gasteiger partial charge in [-0.05, 0) is 41.5 Å². The molecule has 10 heteroatoms. The van der Waals surface area contributed by atoms with Gasteiger partial charge in [-0.15, -0.1) is 0 Å². The van der Waals surface area contributed by atoms with Crippen molar-refractivity contribution in [3.05, 3.63) is 111 Å². The van der Waals surface area contributed by atoms with Crippen LogP contribution in [0.15, 0.2) is 83.5 Å². The molecule has 36 heavy (non-hydrogen) atoms. The molecule has 0 aliphatic carbocycles. The molecule has 0 radical (unpaired) electrons. The van der Waals surface area contributed by atoms with Crippen molar-refractivity contribution in [2.45, 2.75) is 13.1 Å². The van der Waals surface area contributed by atoms with Gasteiger partial charge >= 0.3 is 0 Å². The van der Waals surface area contributed by atoms with Crippen molar-refractivity contribution in [2.24, 2.45) is 0 Å². The summed E-state index contributed by atoms with van der Waals surface area (Å²) in [6, 6.07) is 19.1. The van der Waals surface area contributed by atoms with Crippen LogP contribution in [0.4, 0.5) is 5.69 Å². The lowest BCUT2D eigenvalue weighted by Crippen LogP contribution is -2.33. The van der Waals surface area contributed by atoms with Crippen LogP contribution in [0.3, 0.4) is 0 Å². The van der Waals surface area contributed by atoms with Crippen molar-refractivity contribution < 1.29 is 24.3 Å². The SMILES string of the molecule is O=C(Nc1ccccc1C(=O)[O-])c1ccc(CNC2=C(Cl)C(=O)N(Cc3ccc(Cl)cc3)C2=O)cc1. The molecule has 0 bridgehead atoms. The van der Waals surface area contributed by atoms with E-state index < -0.39 is 23.7 Å². The number of para-hydroxylation sites is 1. The molecule has 0 fully saturated rings. The maximum absolute atomic E-state index is 12.8. The van der Waals surface area contributed by atoms with Crippen LogP contribution in [0.2, 0.25) is 5.02 Å². The molecular weight excluding hydrogens is 505 g/mol. The average Bonchev–Trinajstić information content (AvgIpc) is 3.07. The lowest BCUT2D eigenvalue weighted by molar-refractivity contribution is -0.254. The minimum absolute atomic E-state index is 0.00339. The number of nitrogens with zero attached hydrogens (tertiary/aromatic N) is 1. The number of anilines is 1. The van der Waals surface area contributed by atoms with Crippen molar-refractivity contribution >= 4 is 52.6 Å². The molecule has 3 amide bonds. The van der Waals surface area contributed by atoms with Crippen LogP contribution < -0.4 is 15.7 Å². The van der Waals surface area contributed by atoms with Crippen molar-refractivity contribution in [3.8, 4) is 0 Å². The van der Waals surface area contributed by atoms with Crippen LogP contribution in [-0.2, 0) is 22.7 Å². The third-order valence-corrected chi connectivity index (χ3v) is 6.05. The number of imide groups is 1. The molecule has 3 aromatic carbocycles. The average molecular weight is 523 g/mol. The van der Waals surface area contributed by atoms with Gasteiger partial charge < -0.3 is 20.5 Å². The normalized spacial score (nSPS) is 13.2. The highest BCUT2D eigenvalue weighted by Gasteiger charge is 2.37. The van der Waals surface area contributed by atoms with E-state index in [1.54, 1.807) is 54.6 Å². The number of nitrogens with one attached hydrogen (secondary N) is 2. The van der Waals surface area contributed by atoms with E-state index in [4.69, 9.17) is 23.2 Å². The third kappa shape index (κ3) is 5.40. The number of aromatic carboxylic acids is 1. The molecule has 0 atom stereocenters. The maximum atomic E-state index is 12.8. The lowest BCUT2D eigenvalue weighted by Gasteiger charge is -2.15. The van der Waals surface area contributed by atoms with Crippen LogP contribution in [0.1, 0.15) is 31.8 Å². The summed E-state index contributed by atoms with van der Waals surface area (Å²) in [4.78, 5) is 50.1. The number of carbonyl (C=O) groups is 4. The molecule has 1 aliphatic heterocycles. The van der Waals surface area contributed by atoms with Crippen LogP contribution in [0, 0.1) is 0 Å². The van der Waals surface area contributed by atoms with Gasteiger partial charge in [0.1, 0.15) is 10.7 Å². The Morgan fingerprint density at radius 2 is 1.47 bits per heavy atom. The highest BCUT2D eigenvalue weighted by Crippen LogP contribution is 2.25. The standard InChI is InChI=1S/C26H19Cl2N3O5/c27-18-11-7-16(8-12-18)14-31-24(33)21(28)22(25(31)34)29-13-15-5-9-17(10-6-15)23(32)30-20-4-2-1-3-19(20)26(35)36/h1-12,29H,13-14H2,(H,30,32)(H,35,36)/p-1. The summed E-state index contributed by atoms with van der Waals surface area (Å²) in [7, 11) is 0. The Morgan fingerprint density at radius 1 is 0.833 bits per heavy atom. The van der Waals surface area contributed by atoms with Gasteiger partial charge in [0.05, 0.1) is 18.2 Å². The van der Waals surface area contributed by atoms with E-state index in [1.807, 2.05) is 0 Å². The van der Waals surface area contributed by atoms with Gasteiger partial charge in [0.2, 0.25) is 0 Å². The molecule has 0 unspecified atom stereocenters. The first-order valence-corrected chi connectivity index (χ1v) is 11.4. The summed E-state index contributed by atoms with van der Waals surface area (Å²) in [5, 5.41) is 17.0. The molecule has 3 aromatic rings. The molecule has 2 N–H and O–H groups in total. The third-order valence-electron chi connectivity index (χ3n) is 5.45. The quantitative estimate of drug-likeness (QED) is 0.439. The van der Waals surface area contributed by atoms with Gasteiger partial charge in [0.25, 0.3) is 17.7 Å². The Hall–Kier alpha value is -4.14. The minimum Gasteiger partial charge on any atom is -0.545 e. The van der Waals surface area contributed by atoms with Crippen molar-refractivity contribution in [3.63, 3.8) is 0 Å².